The highest BCUT2D eigenvalue weighted by Crippen LogP contribution is 2.36. The van der Waals surface area contributed by atoms with E-state index in [-0.39, 0.29) is 11.5 Å². The monoisotopic (exact) mass is 356 g/mol. The van der Waals surface area contributed by atoms with E-state index in [1.54, 1.807) is 60.7 Å². The van der Waals surface area contributed by atoms with Gasteiger partial charge in [-0.05, 0) is 36.4 Å². The van der Waals surface area contributed by atoms with Crippen molar-refractivity contribution in [1.82, 2.24) is 0 Å². The molecule has 0 aliphatic rings. The lowest BCUT2D eigenvalue weighted by Gasteiger charge is -2.24. The van der Waals surface area contributed by atoms with Crippen LogP contribution in [-0.4, -0.2) is 24.1 Å². The minimum Gasteiger partial charge on any atom is -0.504 e. The normalized spacial score (nSPS) is 10.9. The third-order valence-corrected chi connectivity index (χ3v) is 4.66. The van der Waals surface area contributed by atoms with Crippen LogP contribution in [0.15, 0.2) is 78.9 Å². The van der Waals surface area contributed by atoms with Gasteiger partial charge in [-0.25, -0.2) is 0 Å². The van der Waals surface area contributed by atoms with Crippen molar-refractivity contribution in [1.29, 1.82) is 0 Å². The fourth-order valence-electron chi connectivity index (χ4n) is 2.07. The Bertz CT molecular complexity index is 784. The summed E-state index contributed by atoms with van der Waals surface area (Å²) in [5.74, 6) is -0.365. The number of hydrogen-bond donors (Lipinski definition) is 3. The van der Waals surface area contributed by atoms with E-state index in [1.165, 1.54) is 18.2 Å². The zero-order chi connectivity index (χ0) is 17.7. The van der Waals surface area contributed by atoms with Gasteiger partial charge in [0.15, 0.2) is 17.2 Å². The quantitative estimate of drug-likeness (QED) is 0.465. The molecule has 3 rings (SSSR count). The maximum Gasteiger partial charge on any atom is 0.890 e. The van der Waals surface area contributed by atoms with Gasteiger partial charge in [0.25, 0.3) is 0 Å². The van der Waals surface area contributed by atoms with Crippen LogP contribution in [0.2, 0.25) is 0 Å². The van der Waals surface area contributed by atoms with Crippen molar-refractivity contribution in [2.24, 2.45) is 0 Å². The molecule has 3 N–H and O–H groups in total. The standard InChI is InChI=1S/C18H16O6Si/c19-16-12-7-13-17(18(16)20)24-25(21,22-14-8-3-1-4-9-14)23-15-10-5-2-6-11-15/h1-13,19-21H. The van der Waals surface area contributed by atoms with Crippen molar-refractivity contribution in [3.8, 4) is 28.7 Å². The number of benzene rings is 3. The first-order valence-corrected chi connectivity index (χ1v) is 9.13. The molecule has 0 saturated carbocycles. The molecule has 0 fully saturated rings. The number of phenolic OH excluding ortho intramolecular Hbond substituents is 2. The smallest absolute Gasteiger partial charge is 0.504 e. The number of hydrogen-bond acceptors (Lipinski definition) is 6. The third kappa shape index (κ3) is 4.22. The van der Waals surface area contributed by atoms with Crippen molar-refractivity contribution < 1.29 is 28.3 Å². The third-order valence-electron chi connectivity index (χ3n) is 3.20. The van der Waals surface area contributed by atoms with Crippen LogP contribution in [0.5, 0.6) is 28.7 Å². The fraction of sp³-hybridized carbons (Fsp3) is 0. The van der Waals surface area contributed by atoms with Crippen LogP contribution in [0.25, 0.3) is 0 Å². The Morgan fingerprint density at radius 1 is 0.600 bits per heavy atom. The summed E-state index contributed by atoms with van der Waals surface area (Å²) in [6, 6.07) is 21.2. The van der Waals surface area contributed by atoms with Gasteiger partial charge < -0.3 is 28.3 Å². The Hall–Kier alpha value is -3.16. The average Bonchev–Trinajstić information content (AvgIpc) is 2.60. The van der Waals surface area contributed by atoms with E-state index in [0.717, 1.165) is 0 Å². The van der Waals surface area contributed by atoms with E-state index in [2.05, 4.69) is 0 Å². The highest BCUT2D eigenvalue weighted by atomic mass is 28.4. The van der Waals surface area contributed by atoms with Crippen molar-refractivity contribution >= 4 is 9.05 Å². The van der Waals surface area contributed by atoms with Crippen LogP contribution in [0.1, 0.15) is 0 Å². The largest absolute Gasteiger partial charge is 0.890 e. The van der Waals surface area contributed by atoms with Gasteiger partial charge in [0.2, 0.25) is 0 Å². The molecule has 0 atom stereocenters. The summed E-state index contributed by atoms with van der Waals surface area (Å²) in [4.78, 5) is 10.9. The number of para-hydroxylation sites is 3. The summed E-state index contributed by atoms with van der Waals surface area (Å²) < 4.78 is 16.6. The van der Waals surface area contributed by atoms with E-state index in [1.807, 2.05) is 0 Å². The van der Waals surface area contributed by atoms with E-state index >= 15 is 0 Å². The predicted octanol–water partition coefficient (Wildman–Crippen LogP) is 3.06. The highest BCUT2D eigenvalue weighted by molar-refractivity contribution is 6.54. The van der Waals surface area contributed by atoms with Gasteiger partial charge in [-0.1, -0.05) is 42.5 Å². The lowest BCUT2D eigenvalue weighted by molar-refractivity contribution is 0.147. The van der Waals surface area contributed by atoms with E-state index in [0.29, 0.717) is 11.5 Å². The van der Waals surface area contributed by atoms with E-state index in [9.17, 15) is 15.0 Å². The first-order valence-electron chi connectivity index (χ1n) is 7.46. The predicted molar refractivity (Wildman–Crippen MR) is 92.5 cm³/mol. The van der Waals surface area contributed by atoms with Crippen LogP contribution >= 0.6 is 0 Å². The summed E-state index contributed by atoms with van der Waals surface area (Å²) >= 11 is 0. The molecule has 0 amide bonds. The average molecular weight is 356 g/mol. The summed E-state index contributed by atoms with van der Waals surface area (Å²) in [6.07, 6.45) is 0. The molecule has 3 aromatic rings. The Morgan fingerprint density at radius 2 is 1.12 bits per heavy atom. The van der Waals surface area contributed by atoms with Crippen LogP contribution in [0.4, 0.5) is 0 Å². The molecule has 0 spiro atoms. The van der Waals surface area contributed by atoms with Gasteiger partial charge in [0, 0.05) is 0 Å². The van der Waals surface area contributed by atoms with Crippen LogP contribution in [0, 0.1) is 0 Å². The van der Waals surface area contributed by atoms with Crippen molar-refractivity contribution in [2.75, 3.05) is 0 Å². The number of phenols is 2. The first-order chi connectivity index (χ1) is 12.1. The minimum atomic E-state index is -4.30. The van der Waals surface area contributed by atoms with Gasteiger partial charge in [-0.3, -0.25) is 0 Å². The van der Waals surface area contributed by atoms with Crippen LogP contribution < -0.4 is 13.3 Å². The van der Waals surface area contributed by atoms with Crippen molar-refractivity contribution in [2.45, 2.75) is 0 Å². The Balaban J connectivity index is 1.91. The maximum absolute atomic E-state index is 10.9. The molecule has 0 unspecified atom stereocenters. The second-order valence-corrected chi connectivity index (χ2v) is 6.74. The van der Waals surface area contributed by atoms with Crippen LogP contribution in [0.3, 0.4) is 0 Å². The molecule has 3 aromatic carbocycles. The molecule has 25 heavy (non-hydrogen) atoms. The molecule has 0 aliphatic heterocycles. The lowest BCUT2D eigenvalue weighted by atomic mass is 10.3. The van der Waals surface area contributed by atoms with Gasteiger partial charge in [-0.2, -0.15) is 0 Å². The Kier molecular flexibility index (Phi) is 4.78. The SMILES string of the molecule is Oc1cccc(O[Si](O)(Oc2ccccc2)Oc2ccccc2)c1O. The lowest BCUT2D eigenvalue weighted by Crippen LogP contribution is -2.55. The fourth-order valence-corrected chi connectivity index (χ4v) is 3.50. The second kappa shape index (κ2) is 7.16. The Labute approximate surface area is 145 Å². The minimum absolute atomic E-state index is 0.152. The molecule has 0 heterocycles. The zero-order valence-electron chi connectivity index (χ0n) is 13.1. The molecule has 0 aliphatic carbocycles. The molecule has 0 saturated heterocycles. The highest BCUT2D eigenvalue weighted by Gasteiger charge is 2.51. The molecule has 0 aromatic heterocycles. The van der Waals surface area contributed by atoms with Crippen molar-refractivity contribution in [3.05, 3.63) is 78.9 Å². The van der Waals surface area contributed by atoms with Crippen LogP contribution in [-0.2, 0) is 0 Å². The van der Waals surface area contributed by atoms with Crippen molar-refractivity contribution in [3.63, 3.8) is 0 Å². The van der Waals surface area contributed by atoms with E-state index in [4.69, 9.17) is 13.3 Å². The number of aromatic hydroxyl groups is 2. The van der Waals surface area contributed by atoms with Gasteiger partial charge in [0.1, 0.15) is 11.5 Å². The molecular weight excluding hydrogens is 340 g/mol. The zero-order valence-corrected chi connectivity index (χ0v) is 14.1. The van der Waals surface area contributed by atoms with Gasteiger partial charge in [0.05, 0.1) is 0 Å². The molecule has 0 bridgehead atoms. The molecule has 7 heteroatoms. The molecule has 6 nitrogen and oxygen atoms in total. The first kappa shape index (κ1) is 16.7. The Morgan fingerprint density at radius 3 is 1.64 bits per heavy atom. The summed E-state index contributed by atoms with van der Waals surface area (Å²) in [7, 11) is -4.30. The number of rotatable bonds is 6. The van der Waals surface area contributed by atoms with E-state index < -0.39 is 14.8 Å². The topological polar surface area (TPSA) is 88.4 Å². The summed E-state index contributed by atoms with van der Waals surface area (Å²) in [5.41, 5.74) is 0. The van der Waals surface area contributed by atoms with Gasteiger partial charge in [-0.15, -0.1) is 0 Å². The second-order valence-electron chi connectivity index (χ2n) is 5.08. The summed E-state index contributed by atoms with van der Waals surface area (Å²) in [5, 5.41) is 19.5. The molecule has 128 valence electrons. The maximum atomic E-state index is 10.9. The molecular formula is C18H16O6Si. The summed E-state index contributed by atoms with van der Waals surface area (Å²) in [6.45, 7) is 0. The van der Waals surface area contributed by atoms with Gasteiger partial charge >= 0.3 is 9.05 Å². The molecule has 0 radical (unpaired) electrons.